The second kappa shape index (κ2) is 5.71. The molecule has 2 N–H and O–H groups in total. The van der Waals surface area contributed by atoms with Crippen LogP contribution in [0.3, 0.4) is 0 Å². The van der Waals surface area contributed by atoms with Crippen LogP contribution in [0.25, 0.3) is 0 Å². The van der Waals surface area contributed by atoms with Gasteiger partial charge >= 0.3 is 0 Å². The summed E-state index contributed by atoms with van der Waals surface area (Å²) in [6, 6.07) is 5.54. The minimum absolute atomic E-state index is 0.0796. The number of halogens is 2. The van der Waals surface area contributed by atoms with Crippen LogP contribution in [0.1, 0.15) is 5.56 Å². The predicted octanol–water partition coefficient (Wildman–Crippen LogP) is 2.42. The molecule has 0 aliphatic rings. The molecule has 0 bridgehead atoms. The monoisotopic (exact) mass is 246 g/mol. The fourth-order valence-corrected chi connectivity index (χ4v) is 1.91. The summed E-state index contributed by atoms with van der Waals surface area (Å²) in [7, 11) is 4.00. The maximum atomic E-state index is 6.05. The van der Waals surface area contributed by atoms with Crippen molar-refractivity contribution in [3.63, 3.8) is 0 Å². The molecule has 0 radical (unpaired) electrons. The van der Waals surface area contributed by atoms with Gasteiger partial charge in [0.05, 0.1) is 0 Å². The Morgan fingerprint density at radius 2 is 2.00 bits per heavy atom. The third kappa shape index (κ3) is 4.39. The van der Waals surface area contributed by atoms with Crippen LogP contribution in [-0.4, -0.2) is 31.6 Å². The summed E-state index contributed by atoms with van der Waals surface area (Å²) < 4.78 is 0. The zero-order valence-corrected chi connectivity index (χ0v) is 10.5. The molecule has 1 rings (SSSR count). The molecule has 1 atom stereocenters. The van der Waals surface area contributed by atoms with Gasteiger partial charge < -0.3 is 10.6 Å². The Balaban J connectivity index is 2.67. The number of nitrogens with two attached hydrogens (primary N) is 1. The number of hydrogen-bond acceptors (Lipinski definition) is 2. The van der Waals surface area contributed by atoms with Gasteiger partial charge in [0.15, 0.2) is 0 Å². The van der Waals surface area contributed by atoms with Crippen LogP contribution in [0.5, 0.6) is 0 Å². The number of benzene rings is 1. The molecule has 0 saturated carbocycles. The van der Waals surface area contributed by atoms with Gasteiger partial charge in [-0.2, -0.15) is 0 Å². The highest BCUT2D eigenvalue weighted by atomic mass is 35.5. The second-order valence-electron chi connectivity index (χ2n) is 3.96. The molecule has 0 aliphatic carbocycles. The van der Waals surface area contributed by atoms with Gasteiger partial charge in [-0.25, -0.2) is 0 Å². The van der Waals surface area contributed by atoms with Crippen molar-refractivity contribution in [2.24, 2.45) is 5.73 Å². The van der Waals surface area contributed by atoms with Crippen LogP contribution in [0.4, 0.5) is 0 Å². The summed E-state index contributed by atoms with van der Waals surface area (Å²) in [6.45, 7) is 0.836. The average Bonchev–Trinajstić information content (AvgIpc) is 2.10. The number of hydrogen-bond donors (Lipinski definition) is 1. The topological polar surface area (TPSA) is 29.3 Å². The van der Waals surface area contributed by atoms with Crippen molar-refractivity contribution in [3.05, 3.63) is 33.8 Å². The molecule has 0 fully saturated rings. The first-order valence-electron chi connectivity index (χ1n) is 4.83. The molecule has 0 saturated heterocycles. The molecule has 0 spiro atoms. The first kappa shape index (κ1) is 12.8. The third-order valence-corrected chi connectivity index (χ3v) is 2.69. The Bertz CT molecular complexity index is 326. The molecule has 0 aromatic heterocycles. The fraction of sp³-hybridized carbons (Fsp3) is 0.455. The summed E-state index contributed by atoms with van der Waals surface area (Å²) >= 11 is 11.9. The third-order valence-electron chi connectivity index (χ3n) is 2.09. The number of likely N-dealkylation sites (N-methyl/N-ethyl adjacent to an activating group) is 1. The lowest BCUT2D eigenvalue weighted by molar-refractivity contribution is 0.371. The van der Waals surface area contributed by atoms with Gasteiger partial charge in [-0.05, 0) is 44.3 Å². The van der Waals surface area contributed by atoms with Crippen molar-refractivity contribution in [3.8, 4) is 0 Å². The zero-order valence-electron chi connectivity index (χ0n) is 9.00. The summed E-state index contributed by atoms with van der Waals surface area (Å²) in [5.41, 5.74) is 6.99. The van der Waals surface area contributed by atoms with E-state index in [0.717, 1.165) is 23.6 Å². The van der Waals surface area contributed by atoms with Crippen molar-refractivity contribution in [1.82, 2.24) is 4.90 Å². The van der Waals surface area contributed by atoms with Gasteiger partial charge in [0.1, 0.15) is 0 Å². The number of rotatable bonds is 4. The van der Waals surface area contributed by atoms with Crippen LogP contribution in [0.2, 0.25) is 10.0 Å². The van der Waals surface area contributed by atoms with Crippen molar-refractivity contribution < 1.29 is 0 Å². The molecular formula is C11H16Cl2N2. The van der Waals surface area contributed by atoms with E-state index in [4.69, 9.17) is 28.9 Å². The molecule has 0 amide bonds. The highest BCUT2D eigenvalue weighted by molar-refractivity contribution is 6.33. The Kier molecular flexibility index (Phi) is 4.87. The lowest BCUT2D eigenvalue weighted by Gasteiger charge is -2.17. The smallest absolute Gasteiger partial charge is 0.0439 e. The molecule has 1 aromatic carbocycles. The zero-order chi connectivity index (χ0) is 11.4. The molecule has 0 heterocycles. The van der Waals surface area contributed by atoms with E-state index in [0.29, 0.717) is 5.02 Å². The maximum absolute atomic E-state index is 6.05. The molecular weight excluding hydrogens is 231 g/mol. The van der Waals surface area contributed by atoms with Crippen molar-refractivity contribution in [1.29, 1.82) is 0 Å². The van der Waals surface area contributed by atoms with Gasteiger partial charge in [0.2, 0.25) is 0 Å². The quantitative estimate of drug-likeness (QED) is 0.885. The first-order valence-corrected chi connectivity index (χ1v) is 5.59. The molecule has 0 aliphatic heterocycles. The van der Waals surface area contributed by atoms with E-state index in [1.165, 1.54) is 0 Å². The van der Waals surface area contributed by atoms with Crippen molar-refractivity contribution >= 4 is 23.2 Å². The molecule has 2 nitrogen and oxygen atoms in total. The summed E-state index contributed by atoms with van der Waals surface area (Å²) in [5, 5.41) is 1.43. The molecule has 1 aromatic rings. The van der Waals surface area contributed by atoms with Crippen LogP contribution >= 0.6 is 23.2 Å². The van der Waals surface area contributed by atoms with E-state index in [1.54, 1.807) is 6.07 Å². The lowest BCUT2D eigenvalue weighted by Crippen LogP contribution is -2.34. The Labute approximate surface area is 101 Å². The van der Waals surface area contributed by atoms with Gasteiger partial charge in [-0.3, -0.25) is 0 Å². The van der Waals surface area contributed by atoms with Crippen LogP contribution in [-0.2, 0) is 6.42 Å². The standard InChI is InChI=1S/C11H16Cl2N2/c1-15(2)7-10(14)6-8-5-9(12)3-4-11(8)13/h3-5,10H,6-7,14H2,1-2H3. The Morgan fingerprint density at radius 1 is 1.33 bits per heavy atom. The van der Waals surface area contributed by atoms with Crippen LogP contribution in [0, 0.1) is 0 Å². The minimum Gasteiger partial charge on any atom is -0.326 e. The second-order valence-corrected chi connectivity index (χ2v) is 4.81. The summed E-state index contributed by atoms with van der Waals surface area (Å²) in [4.78, 5) is 2.06. The first-order chi connectivity index (χ1) is 6.99. The van der Waals surface area contributed by atoms with Crippen molar-refractivity contribution in [2.45, 2.75) is 12.5 Å². The minimum atomic E-state index is 0.0796. The van der Waals surface area contributed by atoms with Crippen LogP contribution in [0.15, 0.2) is 18.2 Å². The van der Waals surface area contributed by atoms with E-state index in [-0.39, 0.29) is 6.04 Å². The largest absolute Gasteiger partial charge is 0.326 e. The maximum Gasteiger partial charge on any atom is 0.0439 e. The summed E-state index contributed by atoms with van der Waals surface area (Å²) in [6.07, 6.45) is 0.748. The normalized spacial score (nSPS) is 13.2. The molecule has 1 unspecified atom stereocenters. The molecule has 4 heteroatoms. The summed E-state index contributed by atoms with van der Waals surface area (Å²) in [5.74, 6) is 0. The van der Waals surface area contributed by atoms with Gasteiger partial charge in [0, 0.05) is 22.6 Å². The fourth-order valence-electron chi connectivity index (χ4n) is 1.52. The lowest BCUT2D eigenvalue weighted by atomic mass is 10.1. The highest BCUT2D eigenvalue weighted by Gasteiger charge is 2.08. The van der Waals surface area contributed by atoms with E-state index >= 15 is 0 Å². The van der Waals surface area contributed by atoms with E-state index in [1.807, 2.05) is 26.2 Å². The van der Waals surface area contributed by atoms with Crippen molar-refractivity contribution in [2.75, 3.05) is 20.6 Å². The van der Waals surface area contributed by atoms with Crippen LogP contribution < -0.4 is 5.73 Å². The van der Waals surface area contributed by atoms with E-state index < -0.39 is 0 Å². The van der Waals surface area contributed by atoms with Gasteiger partial charge in [0.25, 0.3) is 0 Å². The highest BCUT2D eigenvalue weighted by Crippen LogP contribution is 2.21. The number of nitrogens with zero attached hydrogens (tertiary/aromatic N) is 1. The van der Waals surface area contributed by atoms with E-state index in [9.17, 15) is 0 Å². The Morgan fingerprint density at radius 3 is 2.60 bits per heavy atom. The average molecular weight is 247 g/mol. The molecule has 15 heavy (non-hydrogen) atoms. The van der Waals surface area contributed by atoms with Gasteiger partial charge in [-0.1, -0.05) is 23.2 Å². The van der Waals surface area contributed by atoms with Gasteiger partial charge in [-0.15, -0.1) is 0 Å². The predicted molar refractivity (Wildman–Crippen MR) is 66.7 cm³/mol. The Hall–Kier alpha value is -0.280. The SMILES string of the molecule is CN(C)CC(N)Cc1cc(Cl)ccc1Cl. The molecule has 84 valence electrons. The van der Waals surface area contributed by atoms with E-state index in [2.05, 4.69) is 4.90 Å².